The first-order valence-corrected chi connectivity index (χ1v) is 6.71. The van der Waals surface area contributed by atoms with Crippen LogP contribution in [-0.2, 0) is 6.54 Å². The van der Waals surface area contributed by atoms with E-state index in [1.165, 1.54) is 5.56 Å². The van der Waals surface area contributed by atoms with E-state index in [4.69, 9.17) is 5.11 Å². The number of hydrogen-bond acceptors (Lipinski definition) is 4. The largest absolute Gasteiger partial charge is 0.396 e. The molecule has 0 aliphatic heterocycles. The van der Waals surface area contributed by atoms with Crippen LogP contribution in [0.4, 0.5) is 5.82 Å². The highest BCUT2D eigenvalue weighted by atomic mass is 16.3. The van der Waals surface area contributed by atoms with Gasteiger partial charge in [0.1, 0.15) is 5.82 Å². The molecule has 0 fully saturated rings. The number of hydrogen-bond donors (Lipinski definition) is 2. The second kappa shape index (κ2) is 8.06. The number of aliphatic hydroxyl groups is 1. The molecular formula is C14H25N3O. The van der Waals surface area contributed by atoms with Crippen molar-refractivity contribution in [2.75, 3.05) is 24.6 Å². The molecule has 18 heavy (non-hydrogen) atoms. The van der Waals surface area contributed by atoms with Gasteiger partial charge in [0.05, 0.1) is 0 Å². The van der Waals surface area contributed by atoms with E-state index < -0.39 is 0 Å². The smallest absolute Gasteiger partial charge is 0.128 e. The highest BCUT2D eigenvalue weighted by molar-refractivity contribution is 5.39. The number of anilines is 1. The molecule has 1 aromatic rings. The lowest BCUT2D eigenvalue weighted by atomic mass is 10.2. The maximum atomic E-state index is 8.87. The van der Waals surface area contributed by atoms with Gasteiger partial charge in [-0.25, -0.2) is 4.98 Å². The molecule has 0 spiro atoms. The summed E-state index contributed by atoms with van der Waals surface area (Å²) < 4.78 is 0. The topological polar surface area (TPSA) is 48.4 Å². The van der Waals surface area contributed by atoms with Gasteiger partial charge >= 0.3 is 0 Å². The summed E-state index contributed by atoms with van der Waals surface area (Å²) in [5.74, 6) is 0.985. The molecule has 0 radical (unpaired) electrons. The van der Waals surface area contributed by atoms with Crippen LogP contribution in [0.1, 0.15) is 32.8 Å². The molecule has 0 aliphatic carbocycles. The van der Waals surface area contributed by atoms with E-state index in [1.54, 1.807) is 0 Å². The number of nitrogens with zero attached hydrogens (tertiary/aromatic N) is 2. The summed E-state index contributed by atoms with van der Waals surface area (Å²) >= 11 is 0. The predicted molar refractivity (Wildman–Crippen MR) is 75.8 cm³/mol. The number of nitrogens with one attached hydrogen (secondary N) is 1. The third-order valence-electron chi connectivity index (χ3n) is 2.82. The van der Waals surface area contributed by atoms with E-state index in [2.05, 4.69) is 48.1 Å². The van der Waals surface area contributed by atoms with Crippen LogP contribution in [-0.4, -0.2) is 35.8 Å². The SMILES string of the molecule is CCN(CCCO)c1ccc(CNC(C)C)cn1. The van der Waals surface area contributed by atoms with Gasteiger partial charge in [-0.1, -0.05) is 19.9 Å². The van der Waals surface area contributed by atoms with E-state index in [1.807, 2.05) is 6.20 Å². The molecule has 1 rings (SSSR count). The summed E-state index contributed by atoms with van der Waals surface area (Å²) in [6.07, 6.45) is 2.71. The van der Waals surface area contributed by atoms with Crippen molar-refractivity contribution in [2.24, 2.45) is 0 Å². The minimum absolute atomic E-state index is 0.229. The van der Waals surface area contributed by atoms with Crippen molar-refractivity contribution in [1.82, 2.24) is 10.3 Å². The van der Waals surface area contributed by atoms with Gasteiger partial charge in [0.25, 0.3) is 0 Å². The van der Waals surface area contributed by atoms with Gasteiger partial charge in [0.2, 0.25) is 0 Å². The zero-order valence-corrected chi connectivity index (χ0v) is 11.7. The molecule has 0 saturated heterocycles. The Morgan fingerprint density at radius 3 is 2.67 bits per heavy atom. The van der Waals surface area contributed by atoms with Crippen molar-refractivity contribution in [3.8, 4) is 0 Å². The van der Waals surface area contributed by atoms with Crippen LogP contribution in [0.3, 0.4) is 0 Å². The maximum Gasteiger partial charge on any atom is 0.128 e. The number of aromatic nitrogens is 1. The Kier molecular flexibility index (Phi) is 6.68. The molecule has 4 heteroatoms. The molecule has 0 aliphatic rings. The minimum Gasteiger partial charge on any atom is -0.396 e. The Hall–Kier alpha value is -1.13. The summed E-state index contributed by atoms with van der Waals surface area (Å²) in [4.78, 5) is 6.66. The molecule has 0 amide bonds. The fourth-order valence-electron chi connectivity index (χ4n) is 1.73. The van der Waals surface area contributed by atoms with Crippen LogP contribution < -0.4 is 10.2 Å². The van der Waals surface area contributed by atoms with Crippen LogP contribution in [0.15, 0.2) is 18.3 Å². The van der Waals surface area contributed by atoms with Crippen molar-refractivity contribution < 1.29 is 5.11 Å². The van der Waals surface area contributed by atoms with Gasteiger partial charge in [-0.05, 0) is 25.0 Å². The Labute approximate surface area is 110 Å². The summed E-state index contributed by atoms with van der Waals surface area (Å²) in [5.41, 5.74) is 1.20. The summed E-state index contributed by atoms with van der Waals surface area (Å²) in [7, 11) is 0. The molecular weight excluding hydrogens is 226 g/mol. The fraction of sp³-hybridized carbons (Fsp3) is 0.643. The Balaban J connectivity index is 2.57. The molecule has 102 valence electrons. The van der Waals surface area contributed by atoms with Gasteiger partial charge in [-0.2, -0.15) is 0 Å². The lowest BCUT2D eigenvalue weighted by Gasteiger charge is -2.21. The van der Waals surface area contributed by atoms with Crippen LogP contribution >= 0.6 is 0 Å². The first-order valence-electron chi connectivity index (χ1n) is 6.71. The zero-order valence-electron chi connectivity index (χ0n) is 11.7. The van der Waals surface area contributed by atoms with Gasteiger partial charge in [0, 0.05) is 38.5 Å². The van der Waals surface area contributed by atoms with Crippen molar-refractivity contribution in [2.45, 2.75) is 39.8 Å². The second-order valence-electron chi connectivity index (χ2n) is 4.72. The molecule has 0 aromatic carbocycles. The van der Waals surface area contributed by atoms with Crippen molar-refractivity contribution in [3.63, 3.8) is 0 Å². The third-order valence-corrected chi connectivity index (χ3v) is 2.82. The van der Waals surface area contributed by atoms with E-state index >= 15 is 0 Å². The van der Waals surface area contributed by atoms with Gasteiger partial charge < -0.3 is 15.3 Å². The molecule has 2 N–H and O–H groups in total. The van der Waals surface area contributed by atoms with Gasteiger partial charge in [0.15, 0.2) is 0 Å². The van der Waals surface area contributed by atoms with E-state index in [-0.39, 0.29) is 6.61 Å². The Bertz CT molecular complexity index is 324. The monoisotopic (exact) mass is 251 g/mol. The quantitative estimate of drug-likeness (QED) is 0.739. The summed E-state index contributed by atoms with van der Waals surface area (Å²) in [5, 5.41) is 12.2. The normalized spacial score (nSPS) is 10.9. The minimum atomic E-state index is 0.229. The van der Waals surface area contributed by atoms with Crippen LogP contribution in [0.25, 0.3) is 0 Å². The third kappa shape index (κ3) is 5.02. The number of rotatable bonds is 8. The van der Waals surface area contributed by atoms with Crippen LogP contribution in [0, 0.1) is 0 Å². The number of aliphatic hydroxyl groups excluding tert-OH is 1. The summed E-state index contributed by atoms with van der Waals surface area (Å²) in [6, 6.07) is 4.65. The van der Waals surface area contributed by atoms with E-state index in [0.717, 1.165) is 31.9 Å². The second-order valence-corrected chi connectivity index (χ2v) is 4.72. The average Bonchev–Trinajstić information content (AvgIpc) is 2.38. The highest BCUT2D eigenvalue weighted by Crippen LogP contribution is 2.11. The van der Waals surface area contributed by atoms with Gasteiger partial charge in [-0.3, -0.25) is 0 Å². The standard InChI is InChI=1S/C14H25N3O/c1-4-17(8-5-9-18)14-7-6-13(11-16-14)10-15-12(2)3/h6-7,11-12,15,18H,4-5,8-10H2,1-3H3. The van der Waals surface area contributed by atoms with Crippen LogP contribution in [0.5, 0.6) is 0 Å². The molecule has 1 aromatic heterocycles. The summed E-state index contributed by atoms with van der Waals surface area (Å²) in [6.45, 7) is 9.22. The lowest BCUT2D eigenvalue weighted by Crippen LogP contribution is -2.26. The highest BCUT2D eigenvalue weighted by Gasteiger charge is 2.05. The molecule has 0 bridgehead atoms. The molecule has 0 saturated carbocycles. The van der Waals surface area contributed by atoms with Crippen molar-refractivity contribution in [1.29, 1.82) is 0 Å². The van der Waals surface area contributed by atoms with Crippen molar-refractivity contribution in [3.05, 3.63) is 23.9 Å². The van der Waals surface area contributed by atoms with Crippen LogP contribution in [0.2, 0.25) is 0 Å². The average molecular weight is 251 g/mol. The zero-order chi connectivity index (χ0) is 13.4. The first-order chi connectivity index (χ1) is 8.67. The predicted octanol–water partition coefficient (Wildman–Crippen LogP) is 1.79. The maximum absolute atomic E-state index is 8.87. The Morgan fingerprint density at radius 2 is 2.17 bits per heavy atom. The fourth-order valence-corrected chi connectivity index (χ4v) is 1.73. The molecule has 1 heterocycles. The number of pyridine rings is 1. The first kappa shape index (κ1) is 14.9. The molecule has 0 atom stereocenters. The van der Waals surface area contributed by atoms with Crippen molar-refractivity contribution >= 4 is 5.82 Å². The molecule has 0 unspecified atom stereocenters. The van der Waals surface area contributed by atoms with Gasteiger partial charge in [-0.15, -0.1) is 0 Å². The Morgan fingerprint density at radius 1 is 1.39 bits per heavy atom. The van der Waals surface area contributed by atoms with E-state index in [0.29, 0.717) is 6.04 Å². The van der Waals surface area contributed by atoms with E-state index in [9.17, 15) is 0 Å². The lowest BCUT2D eigenvalue weighted by molar-refractivity contribution is 0.289. The molecule has 4 nitrogen and oxygen atoms in total.